The Hall–Kier alpha value is -4.08. The van der Waals surface area contributed by atoms with Gasteiger partial charge in [-0.15, -0.1) is 0 Å². The Morgan fingerprint density at radius 2 is 1.81 bits per heavy atom. The van der Waals surface area contributed by atoms with E-state index >= 15 is 0 Å². The molecule has 0 spiro atoms. The maximum Gasteiger partial charge on any atom is 0.231 e. The summed E-state index contributed by atoms with van der Waals surface area (Å²) in [5.41, 5.74) is 3.33. The van der Waals surface area contributed by atoms with E-state index in [0.29, 0.717) is 36.6 Å². The molecule has 3 aromatic rings. The number of amides is 2. The highest BCUT2D eigenvalue weighted by Crippen LogP contribution is 2.33. The number of fused-ring (bicyclic) bond motifs is 2. The van der Waals surface area contributed by atoms with Gasteiger partial charge in [-0.1, -0.05) is 43.3 Å². The molecule has 3 atom stereocenters. The summed E-state index contributed by atoms with van der Waals surface area (Å²) in [6.45, 7) is 5.78. The van der Waals surface area contributed by atoms with Crippen LogP contribution in [0, 0.1) is 5.92 Å². The normalized spacial score (nSPS) is 18.9. The molecule has 2 heterocycles. The van der Waals surface area contributed by atoms with E-state index in [1.807, 2.05) is 80.7 Å². The van der Waals surface area contributed by atoms with Gasteiger partial charge in [-0.05, 0) is 55.4 Å². The molecule has 0 fully saturated rings. The van der Waals surface area contributed by atoms with Crippen LogP contribution in [0.4, 0.5) is 5.69 Å². The third-order valence-corrected chi connectivity index (χ3v) is 7.79. The Kier molecular flexibility index (Phi) is 9.29. The summed E-state index contributed by atoms with van der Waals surface area (Å²) >= 11 is 0. The lowest BCUT2D eigenvalue weighted by Gasteiger charge is -2.34. The number of likely N-dealkylation sites (N-methyl/N-ethyl adjacent to an activating group) is 1. The van der Waals surface area contributed by atoms with Crippen molar-refractivity contribution >= 4 is 17.5 Å². The van der Waals surface area contributed by atoms with E-state index in [0.717, 1.165) is 22.6 Å². The molecule has 222 valence electrons. The highest BCUT2D eigenvalue weighted by molar-refractivity contribution is 5.92. The molecule has 5 rings (SSSR count). The average molecular weight is 574 g/mol. The Labute approximate surface area is 247 Å². The molecule has 2 N–H and O–H groups in total. The van der Waals surface area contributed by atoms with Gasteiger partial charge >= 0.3 is 0 Å². The standard InChI is InChI=1S/C33H39N3O6/c1-22-17-36(23(2)20-37)33(39)16-26-15-27(34-32(38)14-24-7-5-4-6-8-24)10-12-28(26)42-31(22)19-35(3)18-25-9-11-29-30(13-25)41-21-40-29/h4-13,15,22-23,31,37H,14,16-21H2,1-3H3,(H,34,38)/t22-,23-,31-/m1/s1. The third kappa shape index (κ3) is 7.21. The van der Waals surface area contributed by atoms with Gasteiger partial charge in [-0.25, -0.2) is 0 Å². The van der Waals surface area contributed by atoms with E-state index in [-0.39, 0.29) is 56.1 Å². The number of rotatable bonds is 9. The quantitative estimate of drug-likeness (QED) is 0.401. The summed E-state index contributed by atoms with van der Waals surface area (Å²) in [5, 5.41) is 12.9. The molecule has 2 amide bonds. The van der Waals surface area contributed by atoms with Crippen LogP contribution in [-0.2, 0) is 29.0 Å². The Bertz CT molecular complexity index is 1400. The summed E-state index contributed by atoms with van der Waals surface area (Å²) in [4.78, 5) is 30.2. The van der Waals surface area contributed by atoms with Gasteiger partial charge < -0.3 is 29.5 Å². The second kappa shape index (κ2) is 13.3. The molecule has 0 saturated carbocycles. The van der Waals surface area contributed by atoms with Crippen molar-refractivity contribution in [2.45, 2.75) is 45.4 Å². The van der Waals surface area contributed by atoms with E-state index < -0.39 is 0 Å². The van der Waals surface area contributed by atoms with Gasteiger partial charge in [0.05, 0.1) is 25.5 Å². The maximum absolute atomic E-state index is 13.5. The number of carbonyl (C=O) groups is 2. The number of aliphatic hydroxyl groups excluding tert-OH is 1. The summed E-state index contributed by atoms with van der Waals surface area (Å²) in [5.74, 6) is 1.89. The zero-order valence-corrected chi connectivity index (χ0v) is 24.4. The molecule has 0 bridgehead atoms. The highest BCUT2D eigenvalue weighted by atomic mass is 16.7. The minimum Gasteiger partial charge on any atom is -0.488 e. The lowest BCUT2D eigenvalue weighted by molar-refractivity contribution is -0.134. The first-order chi connectivity index (χ1) is 20.3. The number of nitrogens with zero attached hydrogens (tertiary/aromatic N) is 2. The van der Waals surface area contributed by atoms with E-state index in [1.54, 1.807) is 4.90 Å². The maximum atomic E-state index is 13.5. The molecule has 2 aliphatic rings. The monoisotopic (exact) mass is 573 g/mol. The average Bonchev–Trinajstić information content (AvgIpc) is 3.45. The van der Waals surface area contributed by atoms with Gasteiger partial charge in [0, 0.05) is 36.8 Å². The second-order valence-corrected chi connectivity index (χ2v) is 11.3. The molecule has 42 heavy (non-hydrogen) atoms. The summed E-state index contributed by atoms with van der Waals surface area (Å²) < 4.78 is 17.6. The minimum absolute atomic E-state index is 0.0154. The van der Waals surface area contributed by atoms with E-state index in [1.165, 1.54) is 0 Å². The number of hydrogen-bond donors (Lipinski definition) is 2. The van der Waals surface area contributed by atoms with Crippen LogP contribution in [0.5, 0.6) is 17.2 Å². The van der Waals surface area contributed by atoms with Crippen molar-refractivity contribution in [1.29, 1.82) is 0 Å². The Balaban J connectivity index is 1.35. The van der Waals surface area contributed by atoms with Gasteiger partial charge in [0.25, 0.3) is 0 Å². The summed E-state index contributed by atoms with van der Waals surface area (Å²) in [6.07, 6.45) is 0.125. The zero-order valence-electron chi connectivity index (χ0n) is 24.4. The van der Waals surface area contributed by atoms with Crippen molar-refractivity contribution in [1.82, 2.24) is 9.80 Å². The van der Waals surface area contributed by atoms with Crippen LogP contribution < -0.4 is 19.5 Å². The molecule has 0 aliphatic carbocycles. The molecular weight excluding hydrogens is 534 g/mol. The van der Waals surface area contributed by atoms with Crippen LogP contribution in [0.25, 0.3) is 0 Å². The number of anilines is 1. The Morgan fingerprint density at radius 1 is 1.05 bits per heavy atom. The predicted molar refractivity (Wildman–Crippen MR) is 160 cm³/mol. The fourth-order valence-corrected chi connectivity index (χ4v) is 5.43. The van der Waals surface area contributed by atoms with E-state index in [9.17, 15) is 14.7 Å². The second-order valence-electron chi connectivity index (χ2n) is 11.3. The molecule has 0 unspecified atom stereocenters. The van der Waals surface area contributed by atoms with Crippen LogP contribution in [0.1, 0.15) is 30.5 Å². The highest BCUT2D eigenvalue weighted by Gasteiger charge is 2.31. The molecule has 9 heteroatoms. The van der Waals surface area contributed by atoms with Crippen LogP contribution >= 0.6 is 0 Å². The summed E-state index contributed by atoms with van der Waals surface area (Å²) in [6, 6.07) is 20.7. The molecule has 9 nitrogen and oxygen atoms in total. The minimum atomic E-state index is -0.331. The summed E-state index contributed by atoms with van der Waals surface area (Å²) in [7, 11) is 2.04. The largest absolute Gasteiger partial charge is 0.488 e. The van der Waals surface area contributed by atoms with Gasteiger partial charge in [-0.2, -0.15) is 0 Å². The SMILES string of the molecule is C[C@@H]1CN([C@H](C)CO)C(=O)Cc2cc(NC(=O)Cc3ccccc3)ccc2O[C@@H]1CN(C)Cc1ccc2c(c1)OCO2. The molecule has 2 aliphatic heterocycles. The van der Waals surface area contributed by atoms with Crippen LogP contribution in [-0.4, -0.2) is 72.4 Å². The van der Waals surface area contributed by atoms with Crippen molar-refractivity contribution in [2.24, 2.45) is 5.92 Å². The predicted octanol–water partition coefficient (Wildman–Crippen LogP) is 3.88. The molecule has 0 aromatic heterocycles. The van der Waals surface area contributed by atoms with Crippen molar-refractivity contribution in [3.63, 3.8) is 0 Å². The van der Waals surface area contributed by atoms with Crippen LogP contribution in [0.3, 0.4) is 0 Å². The van der Waals surface area contributed by atoms with Crippen LogP contribution in [0.2, 0.25) is 0 Å². The van der Waals surface area contributed by atoms with E-state index in [4.69, 9.17) is 14.2 Å². The number of nitrogens with one attached hydrogen (secondary N) is 1. The number of ether oxygens (including phenoxy) is 3. The number of benzene rings is 3. The Morgan fingerprint density at radius 3 is 2.60 bits per heavy atom. The smallest absolute Gasteiger partial charge is 0.231 e. The first-order valence-corrected chi connectivity index (χ1v) is 14.4. The fourth-order valence-electron chi connectivity index (χ4n) is 5.43. The van der Waals surface area contributed by atoms with Crippen molar-refractivity contribution in [2.75, 3.05) is 38.9 Å². The number of hydrogen-bond acceptors (Lipinski definition) is 7. The molecular formula is C33H39N3O6. The van der Waals surface area contributed by atoms with Crippen LogP contribution in [0.15, 0.2) is 66.7 Å². The lowest BCUT2D eigenvalue weighted by atomic mass is 10.0. The zero-order chi connectivity index (χ0) is 29.6. The van der Waals surface area contributed by atoms with Gasteiger partial charge in [0.15, 0.2) is 11.5 Å². The fraction of sp³-hybridized carbons (Fsp3) is 0.394. The van der Waals surface area contributed by atoms with E-state index in [2.05, 4.69) is 17.1 Å². The van der Waals surface area contributed by atoms with Gasteiger partial charge in [0.2, 0.25) is 18.6 Å². The van der Waals surface area contributed by atoms with Crippen molar-refractivity contribution < 1.29 is 28.9 Å². The van der Waals surface area contributed by atoms with Gasteiger partial charge in [0.1, 0.15) is 11.9 Å². The molecule has 0 saturated heterocycles. The van der Waals surface area contributed by atoms with Gasteiger partial charge in [-0.3, -0.25) is 14.5 Å². The molecule has 3 aromatic carbocycles. The topological polar surface area (TPSA) is 101 Å². The third-order valence-electron chi connectivity index (χ3n) is 7.79. The lowest BCUT2D eigenvalue weighted by Crippen LogP contribution is -2.47. The first-order valence-electron chi connectivity index (χ1n) is 14.4. The number of aliphatic hydroxyl groups is 1. The van der Waals surface area contributed by atoms with Crippen molar-refractivity contribution in [3.8, 4) is 17.2 Å². The first kappa shape index (κ1) is 29.4. The number of carbonyl (C=O) groups excluding carboxylic acids is 2. The molecule has 0 radical (unpaired) electrons. The van der Waals surface area contributed by atoms with Crippen molar-refractivity contribution in [3.05, 3.63) is 83.4 Å².